The Balaban J connectivity index is 1.62. The van der Waals surface area contributed by atoms with Crippen molar-refractivity contribution in [1.82, 2.24) is 0 Å². The third kappa shape index (κ3) is 5.22. The normalized spacial score (nSPS) is 10.8. The SMILES string of the molecule is COCCOc1ccc(Cl)cc1NC(=O)c1sc2ccccc2c1OCc1ccccc1. The molecular formula is C25H22ClNO4S. The van der Waals surface area contributed by atoms with Crippen molar-refractivity contribution in [3.05, 3.63) is 88.3 Å². The van der Waals surface area contributed by atoms with E-state index in [4.69, 9.17) is 25.8 Å². The van der Waals surface area contributed by atoms with Crippen molar-refractivity contribution in [1.29, 1.82) is 0 Å². The van der Waals surface area contributed by atoms with E-state index in [-0.39, 0.29) is 5.91 Å². The molecule has 32 heavy (non-hydrogen) atoms. The molecule has 0 bridgehead atoms. The Kier molecular flexibility index (Phi) is 7.27. The monoisotopic (exact) mass is 467 g/mol. The van der Waals surface area contributed by atoms with Crippen LogP contribution in [0.1, 0.15) is 15.2 Å². The van der Waals surface area contributed by atoms with Gasteiger partial charge in [0.05, 0.1) is 12.3 Å². The molecule has 0 atom stereocenters. The maximum atomic E-state index is 13.3. The van der Waals surface area contributed by atoms with Gasteiger partial charge in [0.25, 0.3) is 5.91 Å². The van der Waals surface area contributed by atoms with Gasteiger partial charge in [-0.2, -0.15) is 0 Å². The molecule has 7 heteroatoms. The molecule has 164 valence electrons. The van der Waals surface area contributed by atoms with Gasteiger partial charge in [-0.1, -0.05) is 54.1 Å². The van der Waals surface area contributed by atoms with Gasteiger partial charge in [0.1, 0.15) is 23.8 Å². The molecule has 0 saturated heterocycles. The number of hydrogen-bond donors (Lipinski definition) is 1. The molecule has 0 spiro atoms. The smallest absolute Gasteiger partial charge is 0.269 e. The third-order valence-corrected chi connectivity index (χ3v) is 6.10. The minimum atomic E-state index is -0.284. The zero-order valence-electron chi connectivity index (χ0n) is 17.5. The van der Waals surface area contributed by atoms with Crippen molar-refractivity contribution < 1.29 is 19.0 Å². The van der Waals surface area contributed by atoms with Gasteiger partial charge < -0.3 is 19.5 Å². The molecular weight excluding hydrogens is 446 g/mol. The third-order valence-electron chi connectivity index (χ3n) is 4.72. The predicted octanol–water partition coefficient (Wildman–Crippen LogP) is 6.41. The first-order valence-corrected chi connectivity index (χ1v) is 11.3. The van der Waals surface area contributed by atoms with Crippen molar-refractivity contribution in [3.8, 4) is 11.5 Å². The Hall–Kier alpha value is -3.06. The zero-order chi connectivity index (χ0) is 22.3. The van der Waals surface area contributed by atoms with Crippen LogP contribution in [0.2, 0.25) is 5.02 Å². The first-order valence-electron chi connectivity index (χ1n) is 10.1. The van der Waals surface area contributed by atoms with E-state index in [0.29, 0.717) is 46.9 Å². The van der Waals surface area contributed by atoms with E-state index in [9.17, 15) is 4.79 Å². The maximum Gasteiger partial charge on any atom is 0.269 e. The number of anilines is 1. The minimum absolute atomic E-state index is 0.284. The van der Waals surface area contributed by atoms with Gasteiger partial charge in [-0.25, -0.2) is 0 Å². The number of hydrogen-bond acceptors (Lipinski definition) is 5. The second kappa shape index (κ2) is 10.5. The van der Waals surface area contributed by atoms with Crippen molar-refractivity contribution in [2.75, 3.05) is 25.6 Å². The van der Waals surface area contributed by atoms with Gasteiger partial charge >= 0.3 is 0 Å². The molecule has 3 aromatic carbocycles. The van der Waals surface area contributed by atoms with Gasteiger partial charge in [-0.3, -0.25) is 4.79 Å². The second-order valence-corrected chi connectivity index (χ2v) is 8.46. The van der Waals surface area contributed by atoms with E-state index in [1.54, 1.807) is 25.3 Å². The van der Waals surface area contributed by atoms with Crippen molar-refractivity contribution in [3.63, 3.8) is 0 Å². The molecule has 4 aromatic rings. The summed E-state index contributed by atoms with van der Waals surface area (Å²) in [4.78, 5) is 13.8. The molecule has 0 aliphatic carbocycles. The van der Waals surface area contributed by atoms with Crippen molar-refractivity contribution >= 4 is 44.6 Å². The lowest BCUT2D eigenvalue weighted by molar-refractivity contribution is 0.102. The highest BCUT2D eigenvalue weighted by molar-refractivity contribution is 7.21. The van der Waals surface area contributed by atoms with Gasteiger partial charge in [-0.05, 0) is 35.9 Å². The van der Waals surface area contributed by atoms with Crippen molar-refractivity contribution in [2.24, 2.45) is 0 Å². The number of amides is 1. The molecule has 0 radical (unpaired) electrons. The molecule has 0 aliphatic rings. The summed E-state index contributed by atoms with van der Waals surface area (Å²) >= 11 is 7.55. The van der Waals surface area contributed by atoms with Crippen LogP contribution < -0.4 is 14.8 Å². The summed E-state index contributed by atoms with van der Waals surface area (Å²) in [7, 11) is 1.60. The number of halogens is 1. The molecule has 1 heterocycles. The summed E-state index contributed by atoms with van der Waals surface area (Å²) in [6.07, 6.45) is 0. The van der Waals surface area contributed by atoms with Gasteiger partial charge in [0.2, 0.25) is 0 Å². The van der Waals surface area contributed by atoms with Crippen molar-refractivity contribution in [2.45, 2.75) is 6.61 Å². The lowest BCUT2D eigenvalue weighted by Gasteiger charge is -2.13. The van der Waals surface area contributed by atoms with Crippen LogP contribution >= 0.6 is 22.9 Å². The number of rotatable bonds is 9. The molecule has 1 aromatic heterocycles. The lowest BCUT2D eigenvalue weighted by Crippen LogP contribution is -2.14. The standard InChI is InChI=1S/C25H22ClNO4S/c1-29-13-14-30-21-12-11-18(26)15-20(21)27-25(28)24-23(19-9-5-6-10-22(19)32-24)31-16-17-7-3-2-4-8-17/h2-12,15H,13-14,16H2,1H3,(H,27,28). The molecule has 0 unspecified atom stereocenters. The number of methoxy groups -OCH3 is 1. The molecule has 4 rings (SSSR count). The summed E-state index contributed by atoms with van der Waals surface area (Å²) in [5.74, 6) is 0.802. The fraction of sp³-hybridized carbons (Fsp3) is 0.160. The summed E-state index contributed by atoms with van der Waals surface area (Å²) in [5.41, 5.74) is 1.52. The topological polar surface area (TPSA) is 56.8 Å². The van der Waals surface area contributed by atoms with Crippen LogP contribution in [0.4, 0.5) is 5.69 Å². The van der Waals surface area contributed by atoms with E-state index < -0.39 is 0 Å². The molecule has 0 aliphatic heterocycles. The Bertz CT molecular complexity index is 1210. The highest BCUT2D eigenvalue weighted by Crippen LogP contribution is 2.39. The number of benzene rings is 3. The average molecular weight is 468 g/mol. The summed E-state index contributed by atoms with van der Waals surface area (Å²) in [6.45, 7) is 1.16. The van der Waals surface area contributed by atoms with Gasteiger partial charge in [0, 0.05) is 22.2 Å². The Morgan fingerprint density at radius 3 is 2.56 bits per heavy atom. The molecule has 0 saturated carbocycles. The Morgan fingerprint density at radius 1 is 0.969 bits per heavy atom. The van der Waals surface area contributed by atoms with Crippen LogP contribution in [-0.4, -0.2) is 26.2 Å². The maximum absolute atomic E-state index is 13.3. The quantitative estimate of drug-likeness (QED) is 0.289. The van der Waals surface area contributed by atoms with Crippen LogP contribution in [0.25, 0.3) is 10.1 Å². The largest absolute Gasteiger partial charge is 0.489 e. The van der Waals surface area contributed by atoms with Crippen LogP contribution in [-0.2, 0) is 11.3 Å². The van der Waals surface area contributed by atoms with Gasteiger partial charge in [0.15, 0.2) is 5.75 Å². The summed E-state index contributed by atoms with van der Waals surface area (Å²) in [6, 6.07) is 22.8. The minimum Gasteiger partial charge on any atom is -0.489 e. The molecule has 5 nitrogen and oxygen atoms in total. The fourth-order valence-electron chi connectivity index (χ4n) is 3.18. The number of thiophene rings is 1. The number of nitrogens with one attached hydrogen (secondary N) is 1. The van der Waals surface area contributed by atoms with Crippen LogP contribution in [0.15, 0.2) is 72.8 Å². The second-order valence-electron chi connectivity index (χ2n) is 6.97. The van der Waals surface area contributed by atoms with E-state index in [2.05, 4.69) is 5.32 Å². The summed E-state index contributed by atoms with van der Waals surface area (Å²) < 4.78 is 17.9. The predicted molar refractivity (Wildman–Crippen MR) is 129 cm³/mol. The lowest BCUT2D eigenvalue weighted by atomic mass is 10.2. The van der Waals surface area contributed by atoms with Crippen LogP contribution in [0, 0.1) is 0 Å². The Morgan fingerprint density at radius 2 is 1.75 bits per heavy atom. The number of fused-ring (bicyclic) bond motifs is 1. The summed E-state index contributed by atoms with van der Waals surface area (Å²) in [5, 5.41) is 4.34. The van der Waals surface area contributed by atoms with Crippen LogP contribution in [0.5, 0.6) is 11.5 Å². The highest BCUT2D eigenvalue weighted by atomic mass is 35.5. The highest BCUT2D eigenvalue weighted by Gasteiger charge is 2.21. The fourth-order valence-corrected chi connectivity index (χ4v) is 4.40. The zero-order valence-corrected chi connectivity index (χ0v) is 19.0. The number of carbonyl (C=O) groups is 1. The van der Waals surface area contributed by atoms with E-state index in [0.717, 1.165) is 15.6 Å². The molecule has 1 N–H and O–H groups in total. The van der Waals surface area contributed by atoms with E-state index in [1.165, 1.54) is 11.3 Å². The molecule has 1 amide bonds. The van der Waals surface area contributed by atoms with Gasteiger partial charge in [-0.15, -0.1) is 11.3 Å². The first kappa shape index (κ1) is 22.1. The first-order chi connectivity index (χ1) is 15.7. The van der Waals surface area contributed by atoms with E-state index >= 15 is 0 Å². The van der Waals surface area contributed by atoms with Crippen LogP contribution in [0.3, 0.4) is 0 Å². The number of ether oxygens (including phenoxy) is 3. The molecule has 0 fully saturated rings. The number of carbonyl (C=O) groups excluding carboxylic acids is 1. The van der Waals surface area contributed by atoms with E-state index in [1.807, 2.05) is 54.6 Å². The Labute approximate surface area is 195 Å². The average Bonchev–Trinajstić information content (AvgIpc) is 3.19.